The molecule has 0 aromatic heterocycles. The minimum Gasteiger partial charge on any atom is -0.320 e. The van der Waals surface area contributed by atoms with Crippen LogP contribution in [0.2, 0.25) is 0 Å². The minimum atomic E-state index is -0.617. The van der Waals surface area contributed by atoms with Crippen LogP contribution in [0.5, 0.6) is 0 Å². The number of carbonyl (C=O) groups is 1. The van der Waals surface area contributed by atoms with Gasteiger partial charge in [-0.25, -0.2) is 0 Å². The van der Waals surface area contributed by atoms with Crippen molar-refractivity contribution < 1.29 is 4.79 Å². The number of Topliss-reactive ketones (excluding diaryl/α,β-unsaturated/α-hetero) is 1. The fraction of sp³-hybridized carbons (Fsp3) is 0.889. The first-order valence-corrected chi connectivity index (χ1v) is 4.45. The largest absolute Gasteiger partial charge is 0.320 e. The van der Waals surface area contributed by atoms with E-state index in [2.05, 4.69) is 5.32 Å². The Balaban J connectivity index is 3.54. The van der Waals surface area contributed by atoms with Crippen LogP contribution in [-0.4, -0.2) is 24.9 Å². The van der Waals surface area contributed by atoms with Crippen LogP contribution >= 0.6 is 0 Å². The molecule has 0 fully saturated rings. The zero-order valence-corrected chi connectivity index (χ0v) is 8.31. The molecule has 0 aliphatic heterocycles. The van der Waals surface area contributed by atoms with Crippen molar-refractivity contribution in [1.82, 2.24) is 5.32 Å². The maximum Gasteiger partial charge on any atom is 0.149 e. The van der Waals surface area contributed by atoms with Crippen LogP contribution in [0.15, 0.2) is 0 Å². The lowest BCUT2D eigenvalue weighted by Crippen LogP contribution is -2.43. The lowest BCUT2D eigenvalue weighted by molar-refractivity contribution is -0.121. The molecule has 0 aliphatic rings. The van der Waals surface area contributed by atoms with Crippen molar-refractivity contribution in [2.24, 2.45) is 5.73 Å². The highest BCUT2D eigenvalue weighted by Crippen LogP contribution is 2.10. The summed E-state index contributed by atoms with van der Waals surface area (Å²) in [6.07, 6.45) is 2.87. The van der Waals surface area contributed by atoms with Crippen LogP contribution < -0.4 is 11.1 Å². The summed E-state index contributed by atoms with van der Waals surface area (Å²) in [5.41, 5.74) is 5.15. The summed E-state index contributed by atoms with van der Waals surface area (Å²) in [6, 6.07) is 0. The molecule has 0 bridgehead atoms. The van der Waals surface area contributed by atoms with Gasteiger partial charge in [-0.2, -0.15) is 0 Å². The van der Waals surface area contributed by atoms with Crippen LogP contribution in [0.3, 0.4) is 0 Å². The number of unbranched alkanes of at least 4 members (excludes halogenated alkanes) is 1. The highest BCUT2D eigenvalue weighted by atomic mass is 16.1. The maximum absolute atomic E-state index is 11.0. The summed E-state index contributed by atoms with van der Waals surface area (Å²) in [5, 5.41) is 3.06. The first-order valence-electron chi connectivity index (χ1n) is 4.45. The van der Waals surface area contributed by atoms with E-state index in [0.717, 1.165) is 25.8 Å². The van der Waals surface area contributed by atoms with Crippen molar-refractivity contribution in [2.45, 2.75) is 38.6 Å². The Labute approximate surface area is 74.7 Å². The van der Waals surface area contributed by atoms with E-state index in [1.807, 2.05) is 7.05 Å². The van der Waals surface area contributed by atoms with Crippen LogP contribution in [-0.2, 0) is 4.79 Å². The molecule has 12 heavy (non-hydrogen) atoms. The van der Waals surface area contributed by atoms with E-state index < -0.39 is 5.54 Å². The number of carbonyl (C=O) groups excluding carboxylic acids is 1. The van der Waals surface area contributed by atoms with Gasteiger partial charge < -0.3 is 11.1 Å². The van der Waals surface area contributed by atoms with E-state index >= 15 is 0 Å². The lowest BCUT2D eigenvalue weighted by atomic mass is 9.92. The predicted molar refractivity (Wildman–Crippen MR) is 51.1 cm³/mol. The molecule has 1 atom stereocenters. The normalized spacial score (nSPS) is 15.7. The molecule has 0 aromatic rings. The molecule has 0 radical (unpaired) electrons. The fourth-order valence-electron chi connectivity index (χ4n) is 0.970. The third kappa shape index (κ3) is 4.46. The molecule has 0 saturated heterocycles. The lowest BCUT2D eigenvalue weighted by Gasteiger charge is -2.20. The molecule has 3 N–H and O–H groups in total. The summed E-state index contributed by atoms with van der Waals surface area (Å²) in [6.45, 7) is 4.35. The van der Waals surface area contributed by atoms with Gasteiger partial charge in [-0.05, 0) is 46.7 Å². The van der Waals surface area contributed by atoms with Gasteiger partial charge in [0.1, 0.15) is 5.78 Å². The zero-order valence-electron chi connectivity index (χ0n) is 8.31. The molecular weight excluding hydrogens is 152 g/mol. The summed E-state index contributed by atoms with van der Waals surface area (Å²) < 4.78 is 0. The SMILES string of the molecule is CNCCCC[C@@](C)(N)C(C)=O. The van der Waals surface area contributed by atoms with Gasteiger partial charge in [0, 0.05) is 0 Å². The quantitative estimate of drug-likeness (QED) is 0.579. The van der Waals surface area contributed by atoms with Crippen molar-refractivity contribution in [1.29, 1.82) is 0 Å². The van der Waals surface area contributed by atoms with E-state index in [-0.39, 0.29) is 5.78 Å². The first-order chi connectivity index (χ1) is 5.50. The molecule has 0 aliphatic carbocycles. The zero-order chi connectivity index (χ0) is 9.61. The van der Waals surface area contributed by atoms with Crippen molar-refractivity contribution >= 4 is 5.78 Å². The molecule has 0 saturated carbocycles. The van der Waals surface area contributed by atoms with Gasteiger partial charge in [0.2, 0.25) is 0 Å². The van der Waals surface area contributed by atoms with Crippen molar-refractivity contribution in [3.05, 3.63) is 0 Å². The second kappa shape index (κ2) is 5.27. The average molecular weight is 172 g/mol. The van der Waals surface area contributed by atoms with Gasteiger partial charge in [0.15, 0.2) is 0 Å². The monoisotopic (exact) mass is 172 g/mol. The van der Waals surface area contributed by atoms with E-state index in [0.29, 0.717) is 0 Å². The second-order valence-corrected chi connectivity index (χ2v) is 3.53. The van der Waals surface area contributed by atoms with Gasteiger partial charge in [-0.3, -0.25) is 4.79 Å². The van der Waals surface area contributed by atoms with Crippen molar-refractivity contribution in [3.8, 4) is 0 Å². The summed E-state index contributed by atoms with van der Waals surface area (Å²) >= 11 is 0. The highest BCUT2D eigenvalue weighted by Gasteiger charge is 2.22. The standard InChI is InChI=1S/C9H20N2O/c1-8(12)9(2,10)6-4-5-7-11-3/h11H,4-7,10H2,1-3H3/t9-/m1/s1. The molecule has 0 unspecified atom stereocenters. The van der Waals surface area contributed by atoms with Crippen molar-refractivity contribution in [3.63, 3.8) is 0 Å². The predicted octanol–water partition coefficient (Wildman–Crippen LogP) is 0.682. The highest BCUT2D eigenvalue weighted by molar-refractivity contribution is 5.85. The Morgan fingerprint density at radius 3 is 2.50 bits per heavy atom. The Kier molecular flexibility index (Phi) is 5.09. The number of nitrogens with one attached hydrogen (secondary N) is 1. The Morgan fingerprint density at radius 2 is 2.08 bits per heavy atom. The van der Waals surface area contributed by atoms with Crippen molar-refractivity contribution in [2.75, 3.05) is 13.6 Å². The molecule has 72 valence electrons. The van der Waals surface area contributed by atoms with Gasteiger partial charge >= 0.3 is 0 Å². The first kappa shape index (κ1) is 11.6. The van der Waals surface area contributed by atoms with E-state index in [1.54, 1.807) is 13.8 Å². The third-order valence-corrected chi connectivity index (χ3v) is 2.18. The molecule has 0 rings (SSSR count). The summed E-state index contributed by atoms with van der Waals surface area (Å²) in [5.74, 6) is 0.0759. The topological polar surface area (TPSA) is 55.1 Å². The number of nitrogens with two attached hydrogens (primary N) is 1. The second-order valence-electron chi connectivity index (χ2n) is 3.53. The number of hydrogen-bond donors (Lipinski definition) is 2. The Hall–Kier alpha value is -0.410. The Morgan fingerprint density at radius 1 is 1.50 bits per heavy atom. The van der Waals surface area contributed by atoms with Crippen LogP contribution in [0.4, 0.5) is 0 Å². The number of rotatable bonds is 6. The van der Waals surface area contributed by atoms with Gasteiger partial charge in [0.05, 0.1) is 5.54 Å². The fourth-order valence-corrected chi connectivity index (χ4v) is 0.970. The molecular formula is C9H20N2O. The van der Waals surface area contributed by atoms with Gasteiger partial charge in [0.25, 0.3) is 0 Å². The van der Waals surface area contributed by atoms with Crippen LogP contribution in [0.1, 0.15) is 33.1 Å². The summed E-state index contributed by atoms with van der Waals surface area (Å²) in [4.78, 5) is 11.0. The van der Waals surface area contributed by atoms with Crippen LogP contribution in [0, 0.1) is 0 Å². The maximum atomic E-state index is 11.0. The molecule has 0 heterocycles. The van der Waals surface area contributed by atoms with Gasteiger partial charge in [-0.15, -0.1) is 0 Å². The number of ketones is 1. The Bertz CT molecular complexity index is 143. The van der Waals surface area contributed by atoms with E-state index in [9.17, 15) is 4.79 Å². The molecule has 0 spiro atoms. The van der Waals surface area contributed by atoms with E-state index in [1.165, 1.54) is 0 Å². The van der Waals surface area contributed by atoms with Crippen LogP contribution in [0.25, 0.3) is 0 Å². The van der Waals surface area contributed by atoms with E-state index in [4.69, 9.17) is 5.73 Å². The molecule has 0 amide bonds. The minimum absolute atomic E-state index is 0.0759. The number of hydrogen-bond acceptors (Lipinski definition) is 3. The molecule has 3 nitrogen and oxygen atoms in total. The average Bonchev–Trinajstić information content (AvgIpc) is 1.98. The molecule has 0 aromatic carbocycles. The summed E-state index contributed by atoms with van der Waals surface area (Å²) in [7, 11) is 1.92. The third-order valence-electron chi connectivity index (χ3n) is 2.18. The smallest absolute Gasteiger partial charge is 0.149 e. The molecule has 3 heteroatoms. The van der Waals surface area contributed by atoms with Gasteiger partial charge in [-0.1, -0.05) is 0 Å².